The van der Waals surface area contributed by atoms with Gasteiger partial charge in [0.2, 0.25) is 0 Å². The summed E-state index contributed by atoms with van der Waals surface area (Å²) < 4.78 is 5.21. The van der Waals surface area contributed by atoms with Crippen LogP contribution < -0.4 is 15.4 Å². The van der Waals surface area contributed by atoms with E-state index in [9.17, 15) is 0 Å². The number of rotatable bonds is 5. The highest BCUT2D eigenvalue weighted by molar-refractivity contribution is 5.73. The van der Waals surface area contributed by atoms with E-state index in [1.807, 2.05) is 18.2 Å². The third kappa shape index (κ3) is 3.05. The lowest BCUT2D eigenvalue weighted by atomic mass is 10.1. The van der Waals surface area contributed by atoms with E-state index >= 15 is 0 Å². The maximum Gasteiger partial charge on any atom is 0.143 e. The Labute approximate surface area is 98.2 Å². The Kier molecular flexibility index (Phi) is 4.47. The molecule has 0 amide bonds. The molecule has 3 heteroatoms. The summed E-state index contributed by atoms with van der Waals surface area (Å²) in [5, 5.41) is 0. The molecule has 2 N–H and O–H groups in total. The molecule has 1 aromatic rings. The Bertz CT molecular complexity index is 337. The third-order valence-electron chi connectivity index (χ3n) is 2.72. The van der Waals surface area contributed by atoms with Crippen LogP contribution in [0.1, 0.15) is 20.3 Å². The van der Waals surface area contributed by atoms with E-state index in [1.165, 1.54) is 0 Å². The van der Waals surface area contributed by atoms with Crippen LogP contribution in [-0.2, 0) is 0 Å². The van der Waals surface area contributed by atoms with E-state index in [-0.39, 0.29) is 0 Å². The van der Waals surface area contributed by atoms with Crippen molar-refractivity contribution in [2.75, 3.05) is 31.3 Å². The molecule has 16 heavy (non-hydrogen) atoms. The summed E-state index contributed by atoms with van der Waals surface area (Å²) in [4.78, 5) is 2.18. The second kappa shape index (κ2) is 5.64. The van der Waals surface area contributed by atoms with Crippen molar-refractivity contribution in [1.29, 1.82) is 0 Å². The minimum atomic E-state index is 0.703. The summed E-state index contributed by atoms with van der Waals surface area (Å²) in [7, 11) is 3.71. The van der Waals surface area contributed by atoms with Crippen LogP contribution in [0.2, 0.25) is 0 Å². The number of hydrogen-bond donors (Lipinski definition) is 1. The zero-order valence-corrected chi connectivity index (χ0v) is 10.7. The zero-order chi connectivity index (χ0) is 12.1. The van der Waals surface area contributed by atoms with Crippen molar-refractivity contribution >= 4 is 11.4 Å². The van der Waals surface area contributed by atoms with Crippen molar-refractivity contribution in [3.8, 4) is 5.75 Å². The molecular formula is C13H22N2O. The lowest BCUT2D eigenvalue weighted by molar-refractivity contribution is 0.417. The summed E-state index contributed by atoms with van der Waals surface area (Å²) in [6.07, 6.45) is 1.16. The maximum atomic E-state index is 6.03. The van der Waals surface area contributed by atoms with Gasteiger partial charge in [-0.15, -0.1) is 0 Å². The molecule has 1 aromatic carbocycles. The van der Waals surface area contributed by atoms with E-state index in [2.05, 4.69) is 25.8 Å². The molecule has 0 saturated carbocycles. The first kappa shape index (κ1) is 12.7. The molecule has 90 valence electrons. The predicted octanol–water partition coefficient (Wildman–Crippen LogP) is 2.76. The van der Waals surface area contributed by atoms with Crippen LogP contribution in [-0.4, -0.2) is 20.7 Å². The fourth-order valence-corrected chi connectivity index (χ4v) is 1.62. The second-order valence-corrected chi connectivity index (χ2v) is 4.50. The average molecular weight is 222 g/mol. The SMILES string of the molecule is COc1cccc(N(C)CCC(C)C)c1N. The van der Waals surface area contributed by atoms with Crippen molar-refractivity contribution in [2.24, 2.45) is 5.92 Å². The van der Waals surface area contributed by atoms with E-state index in [0.29, 0.717) is 5.92 Å². The van der Waals surface area contributed by atoms with Crippen molar-refractivity contribution in [3.05, 3.63) is 18.2 Å². The number of hydrogen-bond acceptors (Lipinski definition) is 3. The summed E-state index contributed by atoms with van der Waals surface area (Å²) in [6.45, 7) is 5.46. The number of nitrogens with zero attached hydrogens (tertiary/aromatic N) is 1. The Morgan fingerprint density at radius 2 is 2.06 bits per heavy atom. The number of nitrogen functional groups attached to an aromatic ring is 1. The number of para-hydroxylation sites is 1. The van der Waals surface area contributed by atoms with Gasteiger partial charge in [0.1, 0.15) is 5.75 Å². The first-order valence-corrected chi connectivity index (χ1v) is 5.70. The molecule has 1 rings (SSSR count). The first-order chi connectivity index (χ1) is 7.56. The summed E-state index contributed by atoms with van der Waals surface area (Å²) >= 11 is 0. The highest BCUT2D eigenvalue weighted by Crippen LogP contribution is 2.31. The smallest absolute Gasteiger partial charge is 0.143 e. The fourth-order valence-electron chi connectivity index (χ4n) is 1.62. The summed E-state index contributed by atoms with van der Waals surface area (Å²) in [5.74, 6) is 1.45. The van der Waals surface area contributed by atoms with Gasteiger partial charge in [0.25, 0.3) is 0 Å². The van der Waals surface area contributed by atoms with E-state index < -0.39 is 0 Å². The number of benzene rings is 1. The molecule has 0 spiro atoms. The fraction of sp³-hybridized carbons (Fsp3) is 0.538. The van der Waals surface area contributed by atoms with Crippen LogP contribution in [0, 0.1) is 5.92 Å². The molecule has 0 saturated heterocycles. The van der Waals surface area contributed by atoms with Gasteiger partial charge in [-0.05, 0) is 24.5 Å². The molecular weight excluding hydrogens is 200 g/mol. The van der Waals surface area contributed by atoms with Gasteiger partial charge in [0, 0.05) is 13.6 Å². The van der Waals surface area contributed by atoms with Gasteiger partial charge >= 0.3 is 0 Å². The molecule has 0 aliphatic carbocycles. The van der Waals surface area contributed by atoms with Gasteiger partial charge in [-0.2, -0.15) is 0 Å². The molecule has 0 bridgehead atoms. The topological polar surface area (TPSA) is 38.5 Å². The number of ether oxygens (including phenoxy) is 1. The van der Waals surface area contributed by atoms with E-state index in [0.717, 1.165) is 30.1 Å². The summed E-state index contributed by atoms with van der Waals surface area (Å²) in [6, 6.07) is 5.88. The van der Waals surface area contributed by atoms with E-state index in [4.69, 9.17) is 10.5 Å². The predicted molar refractivity (Wildman–Crippen MR) is 70.1 cm³/mol. The molecule has 0 atom stereocenters. The molecule has 0 aromatic heterocycles. The molecule has 0 aliphatic heterocycles. The van der Waals surface area contributed by atoms with Crippen LogP contribution >= 0.6 is 0 Å². The van der Waals surface area contributed by atoms with E-state index in [1.54, 1.807) is 7.11 Å². The van der Waals surface area contributed by atoms with Crippen molar-refractivity contribution < 1.29 is 4.74 Å². The van der Waals surface area contributed by atoms with Crippen LogP contribution in [0.15, 0.2) is 18.2 Å². The highest BCUT2D eigenvalue weighted by atomic mass is 16.5. The minimum Gasteiger partial charge on any atom is -0.495 e. The Morgan fingerprint density at radius 1 is 1.38 bits per heavy atom. The second-order valence-electron chi connectivity index (χ2n) is 4.50. The highest BCUT2D eigenvalue weighted by Gasteiger charge is 2.09. The monoisotopic (exact) mass is 222 g/mol. The number of nitrogens with two attached hydrogens (primary N) is 1. The Morgan fingerprint density at radius 3 is 2.62 bits per heavy atom. The molecule has 0 heterocycles. The third-order valence-corrected chi connectivity index (χ3v) is 2.72. The van der Waals surface area contributed by atoms with Gasteiger partial charge < -0.3 is 15.4 Å². The van der Waals surface area contributed by atoms with Gasteiger partial charge in [-0.3, -0.25) is 0 Å². The van der Waals surface area contributed by atoms with Crippen LogP contribution in [0.25, 0.3) is 0 Å². The Hall–Kier alpha value is -1.38. The maximum absolute atomic E-state index is 6.03. The average Bonchev–Trinajstić information content (AvgIpc) is 2.26. The lowest BCUT2D eigenvalue weighted by Gasteiger charge is -2.22. The number of methoxy groups -OCH3 is 1. The normalized spacial score (nSPS) is 10.6. The largest absolute Gasteiger partial charge is 0.495 e. The van der Waals surface area contributed by atoms with Gasteiger partial charge in [0.05, 0.1) is 18.5 Å². The van der Waals surface area contributed by atoms with Gasteiger partial charge in [-0.1, -0.05) is 19.9 Å². The van der Waals surface area contributed by atoms with Gasteiger partial charge in [0.15, 0.2) is 0 Å². The van der Waals surface area contributed by atoms with Crippen molar-refractivity contribution in [1.82, 2.24) is 0 Å². The standard InChI is InChI=1S/C13H22N2O/c1-10(2)8-9-15(3)11-6-5-7-12(16-4)13(11)14/h5-7,10H,8-9,14H2,1-4H3. The molecule has 0 unspecified atom stereocenters. The number of anilines is 2. The van der Waals surface area contributed by atoms with Crippen LogP contribution in [0.4, 0.5) is 11.4 Å². The summed E-state index contributed by atoms with van der Waals surface area (Å²) in [5.41, 5.74) is 7.79. The van der Waals surface area contributed by atoms with Crippen molar-refractivity contribution in [3.63, 3.8) is 0 Å². The quantitative estimate of drug-likeness (QED) is 0.778. The molecule has 0 fully saturated rings. The minimum absolute atomic E-state index is 0.703. The molecule has 3 nitrogen and oxygen atoms in total. The van der Waals surface area contributed by atoms with Crippen LogP contribution in [0.3, 0.4) is 0 Å². The Balaban J connectivity index is 2.78. The van der Waals surface area contributed by atoms with Crippen LogP contribution in [0.5, 0.6) is 5.75 Å². The van der Waals surface area contributed by atoms with Gasteiger partial charge in [-0.25, -0.2) is 0 Å². The first-order valence-electron chi connectivity index (χ1n) is 5.70. The molecule has 0 radical (unpaired) electrons. The lowest BCUT2D eigenvalue weighted by Crippen LogP contribution is -2.21. The molecule has 0 aliphatic rings. The zero-order valence-electron chi connectivity index (χ0n) is 10.7. The van der Waals surface area contributed by atoms with Crippen molar-refractivity contribution in [2.45, 2.75) is 20.3 Å².